The second kappa shape index (κ2) is 5.80. The fraction of sp³-hybridized carbons (Fsp3) is 0.0714. The topological polar surface area (TPSA) is 68.5 Å². The molecule has 2 heterocycles. The standard InChI is InChI=1S/C14H11ClN4O2/c15-11-3-1-2-4-12(11)21-8-14(20)17-10-5-6-13-18-16-9-19(13)7-10/h1-7,9H,8H2,(H,17,20). The Bertz CT molecular complexity index is 787. The second-order valence-corrected chi connectivity index (χ2v) is 4.69. The maximum absolute atomic E-state index is 11.9. The summed E-state index contributed by atoms with van der Waals surface area (Å²) in [6.07, 6.45) is 3.29. The highest BCUT2D eigenvalue weighted by atomic mass is 35.5. The van der Waals surface area contributed by atoms with Gasteiger partial charge >= 0.3 is 0 Å². The van der Waals surface area contributed by atoms with Gasteiger partial charge in [-0.25, -0.2) is 0 Å². The first-order valence-electron chi connectivity index (χ1n) is 6.19. The van der Waals surface area contributed by atoms with Crippen molar-refractivity contribution in [2.45, 2.75) is 0 Å². The first kappa shape index (κ1) is 13.4. The minimum Gasteiger partial charge on any atom is -0.482 e. The van der Waals surface area contributed by atoms with Crippen molar-refractivity contribution in [3.8, 4) is 5.75 Å². The zero-order valence-corrected chi connectivity index (χ0v) is 11.6. The SMILES string of the molecule is O=C(COc1ccccc1Cl)Nc1ccc2nncn2c1. The normalized spacial score (nSPS) is 10.5. The smallest absolute Gasteiger partial charge is 0.262 e. The molecule has 0 saturated carbocycles. The molecule has 6 nitrogen and oxygen atoms in total. The molecule has 0 radical (unpaired) electrons. The molecule has 1 amide bonds. The molecule has 0 spiro atoms. The van der Waals surface area contributed by atoms with Crippen LogP contribution in [0.4, 0.5) is 5.69 Å². The third-order valence-corrected chi connectivity index (χ3v) is 3.08. The number of pyridine rings is 1. The molecule has 0 unspecified atom stereocenters. The maximum atomic E-state index is 11.9. The van der Waals surface area contributed by atoms with Crippen molar-refractivity contribution in [1.29, 1.82) is 0 Å². The van der Waals surface area contributed by atoms with Gasteiger partial charge in [0.1, 0.15) is 12.1 Å². The van der Waals surface area contributed by atoms with Crippen LogP contribution in [0.25, 0.3) is 5.65 Å². The van der Waals surface area contributed by atoms with Gasteiger partial charge in [-0.3, -0.25) is 9.20 Å². The van der Waals surface area contributed by atoms with Crippen molar-refractivity contribution in [2.24, 2.45) is 0 Å². The number of nitrogens with zero attached hydrogens (tertiary/aromatic N) is 3. The van der Waals surface area contributed by atoms with Crippen molar-refractivity contribution >= 4 is 28.8 Å². The third-order valence-electron chi connectivity index (χ3n) is 2.77. The van der Waals surface area contributed by atoms with Crippen molar-refractivity contribution in [1.82, 2.24) is 14.6 Å². The summed E-state index contributed by atoms with van der Waals surface area (Å²) in [6, 6.07) is 10.5. The Balaban J connectivity index is 1.62. The number of hydrogen-bond donors (Lipinski definition) is 1. The van der Waals surface area contributed by atoms with E-state index < -0.39 is 0 Å². The molecular formula is C14H11ClN4O2. The largest absolute Gasteiger partial charge is 0.482 e. The van der Waals surface area contributed by atoms with Crippen molar-refractivity contribution < 1.29 is 9.53 Å². The first-order valence-corrected chi connectivity index (χ1v) is 6.57. The van der Waals surface area contributed by atoms with Gasteiger partial charge in [-0.15, -0.1) is 10.2 Å². The van der Waals surface area contributed by atoms with E-state index in [0.29, 0.717) is 22.1 Å². The van der Waals surface area contributed by atoms with E-state index in [1.165, 1.54) is 0 Å². The van der Waals surface area contributed by atoms with E-state index in [4.69, 9.17) is 16.3 Å². The van der Waals surface area contributed by atoms with Gasteiger partial charge in [0.05, 0.1) is 10.7 Å². The van der Waals surface area contributed by atoms with Crippen LogP contribution in [-0.2, 0) is 4.79 Å². The van der Waals surface area contributed by atoms with Crippen LogP contribution in [0.5, 0.6) is 5.75 Å². The van der Waals surface area contributed by atoms with Crippen LogP contribution in [0.3, 0.4) is 0 Å². The molecule has 1 aromatic carbocycles. The molecule has 0 atom stereocenters. The number of benzene rings is 1. The summed E-state index contributed by atoms with van der Waals surface area (Å²) in [5.41, 5.74) is 1.34. The fourth-order valence-electron chi connectivity index (χ4n) is 1.80. The highest BCUT2D eigenvalue weighted by molar-refractivity contribution is 6.32. The predicted octanol–water partition coefficient (Wildman–Crippen LogP) is 2.40. The van der Waals surface area contributed by atoms with Crippen LogP contribution in [0.15, 0.2) is 48.9 Å². The van der Waals surface area contributed by atoms with Crippen LogP contribution in [0, 0.1) is 0 Å². The number of nitrogens with one attached hydrogen (secondary N) is 1. The number of carbonyl (C=O) groups excluding carboxylic acids is 1. The number of amides is 1. The molecule has 3 rings (SSSR count). The van der Waals surface area contributed by atoms with Gasteiger partial charge in [0.25, 0.3) is 5.91 Å². The molecule has 0 fully saturated rings. The van der Waals surface area contributed by atoms with Gasteiger partial charge in [0.2, 0.25) is 0 Å². The number of hydrogen-bond acceptors (Lipinski definition) is 4. The lowest BCUT2D eigenvalue weighted by Crippen LogP contribution is -2.20. The number of ether oxygens (including phenoxy) is 1. The molecular weight excluding hydrogens is 292 g/mol. The summed E-state index contributed by atoms with van der Waals surface area (Å²) in [7, 11) is 0. The van der Waals surface area contributed by atoms with Gasteiger partial charge in [0.15, 0.2) is 12.3 Å². The molecule has 0 aliphatic carbocycles. The Labute approximate surface area is 125 Å². The quantitative estimate of drug-likeness (QED) is 0.803. The Morgan fingerprint density at radius 1 is 1.29 bits per heavy atom. The van der Waals surface area contributed by atoms with E-state index in [0.717, 1.165) is 0 Å². The molecule has 7 heteroatoms. The molecule has 0 saturated heterocycles. The van der Waals surface area contributed by atoms with Gasteiger partial charge in [-0.05, 0) is 24.3 Å². The number of halogens is 1. The summed E-state index contributed by atoms with van der Waals surface area (Å²) in [6.45, 7) is -0.121. The number of para-hydroxylation sites is 1. The highest BCUT2D eigenvalue weighted by Crippen LogP contribution is 2.22. The molecule has 0 aliphatic heterocycles. The van der Waals surface area contributed by atoms with Crippen LogP contribution in [0.2, 0.25) is 5.02 Å². The average molecular weight is 303 g/mol. The second-order valence-electron chi connectivity index (χ2n) is 4.28. The number of fused-ring (bicyclic) bond motifs is 1. The minimum absolute atomic E-state index is 0.121. The van der Waals surface area contributed by atoms with E-state index in [9.17, 15) is 4.79 Å². The Hall–Kier alpha value is -2.60. The summed E-state index contributed by atoms with van der Waals surface area (Å²) in [5, 5.41) is 10.9. The molecule has 21 heavy (non-hydrogen) atoms. The Morgan fingerprint density at radius 2 is 2.14 bits per heavy atom. The summed E-state index contributed by atoms with van der Waals surface area (Å²) in [4.78, 5) is 11.9. The number of anilines is 1. The zero-order valence-electron chi connectivity index (χ0n) is 10.9. The Kier molecular flexibility index (Phi) is 3.70. The predicted molar refractivity (Wildman–Crippen MR) is 78.6 cm³/mol. The molecule has 1 N–H and O–H groups in total. The summed E-state index contributed by atoms with van der Waals surface area (Å²) >= 11 is 5.95. The molecule has 3 aromatic rings. The van der Waals surface area contributed by atoms with Gasteiger partial charge in [-0.2, -0.15) is 0 Å². The minimum atomic E-state index is -0.276. The van der Waals surface area contributed by atoms with E-state index in [1.807, 2.05) is 0 Å². The molecule has 106 valence electrons. The average Bonchev–Trinajstić information content (AvgIpc) is 2.94. The lowest BCUT2D eigenvalue weighted by molar-refractivity contribution is -0.118. The van der Waals surface area contributed by atoms with Crippen molar-refractivity contribution in [3.63, 3.8) is 0 Å². The van der Waals surface area contributed by atoms with E-state index in [-0.39, 0.29) is 12.5 Å². The molecule has 0 aliphatic rings. The highest BCUT2D eigenvalue weighted by Gasteiger charge is 2.06. The fourth-order valence-corrected chi connectivity index (χ4v) is 1.99. The van der Waals surface area contributed by atoms with Crippen LogP contribution < -0.4 is 10.1 Å². The van der Waals surface area contributed by atoms with Crippen LogP contribution >= 0.6 is 11.6 Å². The van der Waals surface area contributed by atoms with Crippen molar-refractivity contribution in [2.75, 3.05) is 11.9 Å². The third kappa shape index (κ3) is 3.11. The van der Waals surface area contributed by atoms with E-state index in [2.05, 4.69) is 15.5 Å². The summed E-state index contributed by atoms with van der Waals surface area (Å²) in [5.74, 6) is 0.200. The number of carbonyl (C=O) groups is 1. The number of aromatic nitrogens is 3. The van der Waals surface area contributed by atoms with Gasteiger partial charge < -0.3 is 10.1 Å². The lowest BCUT2D eigenvalue weighted by Gasteiger charge is -2.08. The van der Waals surface area contributed by atoms with E-state index in [1.54, 1.807) is 53.3 Å². The van der Waals surface area contributed by atoms with E-state index >= 15 is 0 Å². The number of rotatable bonds is 4. The maximum Gasteiger partial charge on any atom is 0.262 e. The van der Waals surface area contributed by atoms with Crippen LogP contribution in [-0.4, -0.2) is 27.1 Å². The molecule has 2 aromatic heterocycles. The first-order chi connectivity index (χ1) is 10.2. The monoisotopic (exact) mass is 302 g/mol. The van der Waals surface area contributed by atoms with Gasteiger partial charge in [-0.1, -0.05) is 23.7 Å². The zero-order chi connectivity index (χ0) is 14.7. The lowest BCUT2D eigenvalue weighted by atomic mass is 10.3. The molecule has 0 bridgehead atoms. The van der Waals surface area contributed by atoms with Crippen LogP contribution in [0.1, 0.15) is 0 Å². The Morgan fingerprint density at radius 3 is 3.00 bits per heavy atom. The summed E-state index contributed by atoms with van der Waals surface area (Å²) < 4.78 is 7.08. The van der Waals surface area contributed by atoms with Crippen molar-refractivity contribution in [3.05, 3.63) is 53.9 Å². The van der Waals surface area contributed by atoms with Gasteiger partial charge in [0, 0.05) is 6.20 Å².